The highest BCUT2D eigenvalue weighted by atomic mass is 32.1. The van der Waals surface area contributed by atoms with Gasteiger partial charge in [-0.15, -0.1) is 11.3 Å². The molecule has 0 aliphatic heterocycles. The molecule has 120 valence electrons. The van der Waals surface area contributed by atoms with E-state index in [0.29, 0.717) is 11.6 Å². The molecule has 0 bridgehead atoms. The molecule has 0 atom stereocenters. The molecule has 0 saturated carbocycles. The van der Waals surface area contributed by atoms with Crippen LogP contribution in [0.2, 0.25) is 0 Å². The molecule has 0 aliphatic carbocycles. The summed E-state index contributed by atoms with van der Waals surface area (Å²) in [6.07, 6.45) is 7.77. The predicted octanol–water partition coefficient (Wildman–Crippen LogP) is 3.18. The van der Waals surface area contributed by atoms with Crippen LogP contribution in [0.4, 0.5) is 5.13 Å². The summed E-state index contributed by atoms with van der Waals surface area (Å²) in [5.41, 5.74) is 3.01. The van der Waals surface area contributed by atoms with E-state index in [2.05, 4.69) is 22.9 Å². The fourth-order valence-corrected chi connectivity index (χ4v) is 3.50. The first kappa shape index (κ1) is 16.3. The summed E-state index contributed by atoms with van der Waals surface area (Å²) in [6.45, 7) is 5.64. The van der Waals surface area contributed by atoms with Crippen LogP contribution in [0.25, 0.3) is 17.0 Å². The van der Waals surface area contributed by atoms with E-state index in [1.807, 2.05) is 55.9 Å². The molecule has 6 heteroatoms. The number of rotatable bonds is 5. The van der Waals surface area contributed by atoms with E-state index in [4.69, 9.17) is 0 Å². The summed E-state index contributed by atoms with van der Waals surface area (Å²) < 4.78 is 2.05. The van der Waals surface area contributed by atoms with Crippen molar-refractivity contribution in [3.63, 3.8) is 0 Å². The number of thiazole rings is 1. The smallest absolute Gasteiger partial charge is 0.230 e. The lowest BCUT2D eigenvalue weighted by Crippen LogP contribution is -2.14. The molecular weight excluding hydrogens is 317 g/mol. The maximum Gasteiger partial charge on any atom is 0.230 e. The lowest BCUT2D eigenvalue weighted by Gasteiger charge is -2.00. The number of carbonyl (C=O) groups is 1. The Morgan fingerprint density at radius 3 is 3.04 bits per heavy atom. The quantitative estimate of drug-likeness (QED) is 0.575. The number of para-hydroxylation sites is 1. The second-order valence-electron chi connectivity index (χ2n) is 5.56. The highest BCUT2D eigenvalue weighted by Crippen LogP contribution is 2.24. The topological polar surface area (TPSA) is 46.9 Å². The van der Waals surface area contributed by atoms with Crippen molar-refractivity contribution in [2.75, 3.05) is 5.32 Å². The summed E-state index contributed by atoms with van der Waals surface area (Å²) in [4.78, 5) is 17.9. The van der Waals surface area contributed by atoms with E-state index in [1.54, 1.807) is 6.08 Å². The number of aromatic nitrogens is 2. The standard InChI is InChI=1S/C18H18BN3OS/c1-3-4-8-15-12(2)24-18(20-15)21-17(23)10-13-11-22(19)16-9-6-5-7-14(13)16/h3-9,11H,1,10,19H2,2H3,(H,20,21,23)/b8-4-. The molecule has 0 saturated heterocycles. The van der Waals surface area contributed by atoms with Crippen molar-refractivity contribution in [2.24, 2.45) is 0 Å². The summed E-state index contributed by atoms with van der Waals surface area (Å²) in [7, 11) is 1.99. The average Bonchev–Trinajstić information content (AvgIpc) is 3.06. The zero-order valence-corrected chi connectivity index (χ0v) is 14.6. The van der Waals surface area contributed by atoms with Crippen molar-refractivity contribution >= 4 is 47.3 Å². The highest BCUT2D eigenvalue weighted by Gasteiger charge is 2.12. The van der Waals surface area contributed by atoms with Crippen LogP contribution in [0.15, 0.2) is 49.2 Å². The molecule has 3 aromatic rings. The maximum atomic E-state index is 12.4. The number of hydrogen-bond donors (Lipinski definition) is 1. The van der Waals surface area contributed by atoms with E-state index in [0.717, 1.165) is 27.0 Å². The molecular formula is C18H18BN3OS. The first-order valence-electron chi connectivity index (χ1n) is 7.68. The minimum Gasteiger partial charge on any atom is -0.399 e. The third kappa shape index (κ3) is 3.33. The van der Waals surface area contributed by atoms with Crippen LogP contribution < -0.4 is 5.32 Å². The van der Waals surface area contributed by atoms with Gasteiger partial charge in [0.15, 0.2) is 5.13 Å². The zero-order chi connectivity index (χ0) is 17.1. The van der Waals surface area contributed by atoms with Crippen molar-refractivity contribution in [1.82, 2.24) is 9.46 Å². The minimum absolute atomic E-state index is 0.0562. The molecule has 1 aromatic carbocycles. The highest BCUT2D eigenvalue weighted by molar-refractivity contribution is 7.15. The average molecular weight is 335 g/mol. The van der Waals surface area contributed by atoms with Crippen LogP contribution in [0.1, 0.15) is 16.1 Å². The van der Waals surface area contributed by atoms with E-state index in [9.17, 15) is 4.79 Å². The molecule has 0 radical (unpaired) electrons. The van der Waals surface area contributed by atoms with Crippen LogP contribution in [0.3, 0.4) is 0 Å². The first-order chi connectivity index (χ1) is 11.6. The van der Waals surface area contributed by atoms with Crippen molar-refractivity contribution in [1.29, 1.82) is 0 Å². The van der Waals surface area contributed by atoms with Crippen LogP contribution in [-0.4, -0.2) is 23.4 Å². The van der Waals surface area contributed by atoms with Gasteiger partial charge in [-0.05, 0) is 30.8 Å². The van der Waals surface area contributed by atoms with Gasteiger partial charge in [-0.25, -0.2) is 4.98 Å². The normalized spacial score (nSPS) is 11.2. The number of allylic oxidation sites excluding steroid dienone is 2. The van der Waals surface area contributed by atoms with Gasteiger partial charge in [-0.1, -0.05) is 36.9 Å². The van der Waals surface area contributed by atoms with Gasteiger partial charge in [-0.2, -0.15) is 0 Å². The molecule has 24 heavy (non-hydrogen) atoms. The molecule has 0 aliphatic rings. The Morgan fingerprint density at radius 2 is 2.25 bits per heavy atom. The number of amides is 1. The Labute approximate surface area is 146 Å². The van der Waals surface area contributed by atoms with Crippen LogP contribution in [0.5, 0.6) is 0 Å². The Bertz CT molecular complexity index is 939. The molecule has 1 N–H and O–H groups in total. The molecule has 1 amide bonds. The van der Waals surface area contributed by atoms with Gasteiger partial charge in [0.25, 0.3) is 0 Å². The van der Waals surface area contributed by atoms with Crippen molar-refractivity contribution in [2.45, 2.75) is 13.3 Å². The Hall–Kier alpha value is -2.60. The fourth-order valence-electron chi connectivity index (χ4n) is 2.68. The molecule has 3 rings (SSSR count). The number of aryl methyl sites for hydroxylation is 1. The third-order valence-corrected chi connectivity index (χ3v) is 4.70. The second-order valence-corrected chi connectivity index (χ2v) is 6.77. The van der Waals surface area contributed by atoms with E-state index >= 15 is 0 Å². The van der Waals surface area contributed by atoms with E-state index < -0.39 is 0 Å². The number of anilines is 1. The summed E-state index contributed by atoms with van der Waals surface area (Å²) in [5, 5.41) is 4.64. The second kappa shape index (κ2) is 6.89. The lowest BCUT2D eigenvalue weighted by atomic mass is 10.1. The van der Waals surface area contributed by atoms with E-state index in [1.165, 1.54) is 11.3 Å². The predicted molar refractivity (Wildman–Crippen MR) is 104 cm³/mol. The van der Waals surface area contributed by atoms with Gasteiger partial charge in [0, 0.05) is 15.8 Å². The van der Waals surface area contributed by atoms with Gasteiger partial charge in [0.2, 0.25) is 13.9 Å². The SMILES string of the molecule is Bn1cc(CC(=O)Nc2nc(/C=C\C=C)c(C)s2)c2ccccc21. The van der Waals surface area contributed by atoms with Crippen LogP contribution >= 0.6 is 11.3 Å². The van der Waals surface area contributed by atoms with Crippen molar-refractivity contribution < 1.29 is 4.79 Å². The Kier molecular flexibility index (Phi) is 4.67. The summed E-state index contributed by atoms with van der Waals surface area (Å²) in [6, 6.07) is 8.10. The van der Waals surface area contributed by atoms with E-state index in [-0.39, 0.29) is 5.91 Å². The van der Waals surface area contributed by atoms with Gasteiger partial charge in [0.05, 0.1) is 12.1 Å². The van der Waals surface area contributed by atoms with Crippen LogP contribution in [-0.2, 0) is 11.2 Å². The monoisotopic (exact) mass is 335 g/mol. The Balaban J connectivity index is 1.76. The maximum absolute atomic E-state index is 12.4. The van der Waals surface area contributed by atoms with Crippen LogP contribution in [0, 0.1) is 6.92 Å². The number of fused-ring (bicyclic) bond motifs is 1. The summed E-state index contributed by atoms with van der Waals surface area (Å²) in [5.74, 6) is -0.0562. The molecule has 2 heterocycles. The molecule has 0 fully saturated rings. The third-order valence-electron chi connectivity index (χ3n) is 3.80. The minimum atomic E-state index is -0.0562. The number of carbonyl (C=O) groups excluding carboxylic acids is 1. The van der Waals surface area contributed by atoms with Gasteiger partial charge in [-0.3, -0.25) is 4.79 Å². The van der Waals surface area contributed by atoms with Crippen molar-refractivity contribution in [3.8, 4) is 0 Å². The van der Waals surface area contributed by atoms with Gasteiger partial charge in [0.1, 0.15) is 0 Å². The summed E-state index contributed by atoms with van der Waals surface area (Å²) >= 11 is 1.48. The lowest BCUT2D eigenvalue weighted by molar-refractivity contribution is -0.115. The van der Waals surface area contributed by atoms with Crippen molar-refractivity contribution in [3.05, 3.63) is 65.3 Å². The number of benzene rings is 1. The number of nitrogens with zero attached hydrogens (tertiary/aromatic N) is 2. The van der Waals surface area contributed by atoms with Gasteiger partial charge < -0.3 is 9.79 Å². The molecule has 4 nitrogen and oxygen atoms in total. The largest absolute Gasteiger partial charge is 0.399 e. The molecule has 2 aromatic heterocycles. The van der Waals surface area contributed by atoms with Gasteiger partial charge >= 0.3 is 0 Å². The number of nitrogens with one attached hydrogen (secondary N) is 1. The molecule has 0 unspecified atom stereocenters. The first-order valence-corrected chi connectivity index (χ1v) is 8.49. The number of hydrogen-bond acceptors (Lipinski definition) is 3. The Morgan fingerprint density at radius 1 is 1.46 bits per heavy atom. The fraction of sp³-hybridized carbons (Fsp3) is 0.111. The zero-order valence-electron chi connectivity index (χ0n) is 13.7. The molecule has 0 spiro atoms.